The van der Waals surface area contributed by atoms with Crippen LogP contribution in [0.4, 0.5) is 5.69 Å². The van der Waals surface area contributed by atoms with Gasteiger partial charge in [0.25, 0.3) is 5.69 Å². The fourth-order valence-corrected chi connectivity index (χ4v) is 2.16. The predicted octanol–water partition coefficient (Wildman–Crippen LogP) is 1.46. The number of carbonyl (C=O) groups excluding carboxylic acids is 1. The maximum Gasteiger partial charge on any atom is 0.313 e. The van der Waals surface area contributed by atoms with Gasteiger partial charge in [-0.2, -0.15) is 0 Å². The molecule has 0 aliphatic carbocycles. The minimum absolute atomic E-state index is 0.0120. The smallest absolute Gasteiger partial charge is 0.313 e. The van der Waals surface area contributed by atoms with E-state index in [0.29, 0.717) is 18.7 Å². The van der Waals surface area contributed by atoms with E-state index < -0.39 is 10.9 Å². The van der Waals surface area contributed by atoms with Crippen molar-refractivity contribution >= 4 is 29.3 Å². The quantitative estimate of drug-likeness (QED) is 0.406. The van der Waals surface area contributed by atoms with Gasteiger partial charge in [-0.1, -0.05) is 12.1 Å². The second-order valence-corrected chi connectivity index (χ2v) is 5.33. The fourth-order valence-electron chi connectivity index (χ4n) is 1.59. The number of hydrogen-bond acceptors (Lipinski definition) is 5. The molecule has 8 heteroatoms. The molecule has 1 rings (SSSR count). The van der Waals surface area contributed by atoms with Crippen molar-refractivity contribution in [1.29, 1.82) is 0 Å². The Morgan fingerprint density at radius 1 is 1.38 bits per heavy atom. The fraction of sp³-hybridized carbons (Fsp3) is 0.385. The van der Waals surface area contributed by atoms with Crippen LogP contribution in [0.15, 0.2) is 24.3 Å². The molecule has 0 aromatic heterocycles. The number of aliphatic carboxylic acids is 1. The molecule has 0 unspecified atom stereocenters. The number of nitro groups is 1. The zero-order valence-corrected chi connectivity index (χ0v) is 12.1. The lowest BCUT2D eigenvalue weighted by atomic mass is 10.1. The third-order valence-corrected chi connectivity index (χ3v) is 3.50. The number of carbonyl (C=O) groups is 2. The number of aryl methyl sites for hydroxylation is 1. The van der Waals surface area contributed by atoms with Gasteiger partial charge in [-0.05, 0) is 12.0 Å². The lowest BCUT2D eigenvalue weighted by Gasteiger charge is -2.04. The number of rotatable bonds is 9. The second kappa shape index (κ2) is 8.96. The number of carboxylic acids is 1. The van der Waals surface area contributed by atoms with E-state index in [-0.39, 0.29) is 23.8 Å². The maximum atomic E-state index is 11.6. The van der Waals surface area contributed by atoms with Gasteiger partial charge in [0.2, 0.25) is 5.91 Å². The Balaban J connectivity index is 2.25. The van der Waals surface area contributed by atoms with Crippen molar-refractivity contribution in [2.45, 2.75) is 12.8 Å². The molecule has 0 spiro atoms. The van der Waals surface area contributed by atoms with Crippen molar-refractivity contribution in [3.05, 3.63) is 39.9 Å². The van der Waals surface area contributed by atoms with E-state index in [1.807, 2.05) is 0 Å². The van der Waals surface area contributed by atoms with Crippen molar-refractivity contribution in [2.24, 2.45) is 0 Å². The van der Waals surface area contributed by atoms with Gasteiger partial charge in [-0.3, -0.25) is 19.7 Å². The summed E-state index contributed by atoms with van der Waals surface area (Å²) >= 11 is 1.23. The van der Waals surface area contributed by atoms with Crippen LogP contribution in [0, 0.1) is 10.1 Å². The van der Waals surface area contributed by atoms with E-state index in [1.165, 1.54) is 23.9 Å². The first-order valence-electron chi connectivity index (χ1n) is 6.28. The van der Waals surface area contributed by atoms with Gasteiger partial charge in [0.05, 0.1) is 10.7 Å². The molecule has 0 bridgehead atoms. The van der Waals surface area contributed by atoms with Crippen LogP contribution in [-0.2, 0) is 16.0 Å². The molecule has 0 aliphatic heterocycles. The summed E-state index contributed by atoms with van der Waals surface area (Å²) < 4.78 is 0. The number of non-ortho nitro benzene ring substituents is 1. The number of hydrogen-bond donors (Lipinski definition) is 2. The number of carboxylic acid groups (broad SMARTS) is 1. The molecule has 114 valence electrons. The van der Waals surface area contributed by atoms with Gasteiger partial charge in [-0.15, -0.1) is 11.8 Å². The van der Waals surface area contributed by atoms with Crippen LogP contribution in [-0.4, -0.2) is 40.0 Å². The van der Waals surface area contributed by atoms with Crippen molar-refractivity contribution in [1.82, 2.24) is 5.32 Å². The Morgan fingerprint density at radius 3 is 2.81 bits per heavy atom. The third-order valence-electron chi connectivity index (χ3n) is 2.56. The maximum absolute atomic E-state index is 11.6. The standard InChI is InChI=1S/C13H16N2O5S/c16-12(14-6-7-21-9-13(17)18)5-4-10-2-1-3-11(8-10)15(19)20/h1-3,8H,4-7,9H2,(H,14,16)(H,17,18). The van der Waals surface area contributed by atoms with Gasteiger partial charge in [0.15, 0.2) is 0 Å². The second-order valence-electron chi connectivity index (χ2n) is 4.22. The summed E-state index contributed by atoms with van der Waals surface area (Å²) in [6, 6.07) is 6.19. The van der Waals surface area contributed by atoms with Crippen molar-refractivity contribution in [3.8, 4) is 0 Å². The van der Waals surface area contributed by atoms with Gasteiger partial charge in [0, 0.05) is 30.9 Å². The largest absolute Gasteiger partial charge is 0.481 e. The van der Waals surface area contributed by atoms with Crippen LogP contribution in [0.1, 0.15) is 12.0 Å². The summed E-state index contributed by atoms with van der Waals surface area (Å²) in [6.07, 6.45) is 0.667. The first-order valence-corrected chi connectivity index (χ1v) is 7.44. The SMILES string of the molecule is O=C(O)CSCCNC(=O)CCc1cccc([N+](=O)[O-])c1. The highest BCUT2D eigenvalue weighted by atomic mass is 32.2. The Labute approximate surface area is 125 Å². The normalized spacial score (nSPS) is 10.1. The molecular weight excluding hydrogens is 296 g/mol. The highest BCUT2D eigenvalue weighted by Gasteiger charge is 2.07. The minimum atomic E-state index is -0.878. The van der Waals surface area contributed by atoms with Crippen LogP contribution in [0.25, 0.3) is 0 Å². The Hall–Kier alpha value is -2.09. The number of thioether (sulfide) groups is 1. The van der Waals surface area contributed by atoms with Crippen LogP contribution in [0.3, 0.4) is 0 Å². The molecular formula is C13H16N2O5S. The summed E-state index contributed by atoms with van der Waals surface area (Å²) in [5, 5.41) is 21.7. The van der Waals surface area contributed by atoms with Crippen molar-refractivity contribution < 1.29 is 19.6 Å². The number of nitrogens with zero attached hydrogens (tertiary/aromatic N) is 1. The summed E-state index contributed by atoms with van der Waals surface area (Å²) in [5.74, 6) is -0.479. The van der Waals surface area contributed by atoms with Crippen molar-refractivity contribution in [2.75, 3.05) is 18.1 Å². The molecule has 1 aromatic carbocycles. The topological polar surface area (TPSA) is 110 Å². The molecule has 0 radical (unpaired) electrons. The summed E-state index contributed by atoms with van der Waals surface area (Å²) in [5.41, 5.74) is 0.748. The van der Waals surface area contributed by atoms with Crippen LogP contribution in [0.2, 0.25) is 0 Å². The molecule has 21 heavy (non-hydrogen) atoms. The highest BCUT2D eigenvalue weighted by molar-refractivity contribution is 7.99. The van der Waals surface area contributed by atoms with E-state index in [4.69, 9.17) is 5.11 Å². The molecule has 0 heterocycles. The minimum Gasteiger partial charge on any atom is -0.481 e. The van der Waals surface area contributed by atoms with E-state index in [2.05, 4.69) is 5.32 Å². The molecule has 7 nitrogen and oxygen atoms in total. The number of nitrogens with one attached hydrogen (secondary N) is 1. The molecule has 0 fully saturated rings. The number of benzene rings is 1. The predicted molar refractivity (Wildman–Crippen MR) is 79.4 cm³/mol. The molecule has 2 N–H and O–H groups in total. The number of amides is 1. The Kier molecular flexibility index (Phi) is 7.24. The average Bonchev–Trinajstić information content (AvgIpc) is 2.44. The average molecular weight is 312 g/mol. The first-order chi connectivity index (χ1) is 9.99. The first kappa shape index (κ1) is 17.0. The summed E-state index contributed by atoms with van der Waals surface area (Å²) in [7, 11) is 0. The molecule has 0 saturated heterocycles. The monoisotopic (exact) mass is 312 g/mol. The molecule has 1 amide bonds. The lowest BCUT2D eigenvalue weighted by Crippen LogP contribution is -2.26. The molecule has 0 saturated carbocycles. The third kappa shape index (κ3) is 7.31. The van der Waals surface area contributed by atoms with Crippen LogP contribution in [0.5, 0.6) is 0 Å². The zero-order chi connectivity index (χ0) is 15.7. The van der Waals surface area contributed by atoms with Gasteiger partial charge in [-0.25, -0.2) is 0 Å². The van der Waals surface area contributed by atoms with Gasteiger partial charge < -0.3 is 10.4 Å². The van der Waals surface area contributed by atoms with Gasteiger partial charge >= 0.3 is 5.97 Å². The van der Waals surface area contributed by atoms with E-state index >= 15 is 0 Å². The molecule has 1 aromatic rings. The Morgan fingerprint density at radius 2 is 2.14 bits per heavy atom. The summed E-state index contributed by atoms with van der Waals surface area (Å²) in [6.45, 7) is 0.408. The highest BCUT2D eigenvalue weighted by Crippen LogP contribution is 2.14. The van der Waals surface area contributed by atoms with E-state index in [0.717, 1.165) is 5.56 Å². The van der Waals surface area contributed by atoms with Crippen LogP contribution < -0.4 is 5.32 Å². The van der Waals surface area contributed by atoms with E-state index in [9.17, 15) is 19.7 Å². The van der Waals surface area contributed by atoms with E-state index in [1.54, 1.807) is 12.1 Å². The van der Waals surface area contributed by atoms with Crippen LogP contribution >= 0.6 is 11.8 Å². The van der Waals surface area contributed by atoms with Crippen molar-refractivity contribution in [3.63, 3.8) is 0 Å². The summed E-state index contributed by atoms with van der Waals surface area (Å²) in [4.78, 5) is 32.0. The van der Waals surface area contributed by atoms with Gasteiger partial charge in [0.1, 0.15) is 0 Å². The number of nitro benzene ring substituents is 1. The molecule has 0 aliphatic rings. The zero-order valence-electron chi connectivity index (χ0n) is 11.3. The lowest BCUT2D eigenvalue weighted by molar-refractivity contribution is -0.384. The molecule has 0 atom stereocenters. The Bertz CT molecular complexity index is 521.